The molecule has 1 aliphatic carbocycles. The maximum atomic E-state index is 13.3. The first-order valence-corrected chi connectivity index (χ1v) is 10.3. The van der Waals surface area contributed by atoms with Gasteiger partial charge in [0.05, 0.1) is 11.2 Å². The number of amides is 2. The van der Waals surface area contributed by atoms with Crippen LogP contribution in [0.15, 0.2) is 58.5 Å². The number of nitrogens with zero attached hydrogens (tertiary/aromatic N) is 2. The Kier molecular flexibility index (Phi) is 5.98. The van der Waals surface area contributed by atoms with E-state index in [1.54, 1.807) is 18.2 Å². The van der Waals surface area contributed by atoms with E-state index in [4.69, 9.17) is 10.5 Å². The summed E-state index contributed by atoms with van der Waals surface area (Å²) in [4.78, 5) is 47.3. The monoisotopic (exact) mass is 434 g/mol. The minimum Gasteiger partial charge on any atom is -0.457 e. The number of nitrogen functional groups attached to an aromatic ring is 1. The lowest BCUT2D eigenvalue weighted by molar-refractivity contribution is -0.117. The van der Waals surface area contributed by atoms with E-state index >= 15 is 0 Å². The molecule has 1 fully saturated rings. The number of carbonyl (C=O) groups excluding carboxylic acids is 2. The maximum absolute atomic E-state index is 13.3. The molecule has 164 valence electrons. The van der Waals surface area contributed by atoms with Crippen LogP contribution in [0.25, 0.3) is 10.9 Å². The normalized spacial score (nSPS) is 13.0. The van der Waals surface area contributed by atoms with Gasteiger partial charge in [-0.2, -0.15) is 0 Å². The zero-order valence-corrected chi connectivity index (χ0v) is 17.2. The van der Waals surface area contributed by atoms with Crippen molar-refractivity contribution >= 4 is 28.4 Å². The summed E-state index contributed by atoms with van der Waals surface area (Å²) in [6, 6.07) is 14.4. The Labute approximate surface area is 183 Å². The van der Waals surface area contributed by atoms with Crippen molar-refractivity contribution in [2.75, 3.05) is 12.3 Å². The van der Waals surface area contributed by atoms with E-state index in [0.717, 1.165) is 19.3 Å². The molecule has 1 heterocycles. The van der Waals surface area contributed by atoms with Crippen molar-refractivity contribution in [2.24, 2.45) is 11.1 Å². The quantitative estimate of drug-likeness (QED) is 0.523. The maximum Gasteiger partial charge on any atom is 0.305 e. The lowest BCUT2D eigenvalue weighted by atomic mass is 10.1. The number of aromatic nitrogens is 1. The third-order valence-electron chi connectivity index (χ3n) is 5.44. The molecule has 2 amide bonds. The number of hydrogen-bond acceptors (Lipinski definition) is 6. The number of anilines is 1. The molecule has 0 radical (unpaired) electrons. The Bertz CT molecular complexity index is 1250. The van der Waals surface area contributed by atoms with E-state index in [1.807, 2.05) is 30.3 Å². The van der Waals surface area contributed by atoms with E-state index in [9.17, 15) is 19.3 Å². The molecule has 0 spiro atoms. The Morgan fingerprint density at radius 1 is 1.12 bits per heavy atom. The lowest BCUT2D eigenvalue weighted by Gasteiger charge is -2.16. The van der Waals surface area contributed by atoms with Crippen LogP contribution in [-0.2, 0) is 11.3 Å². The van der Waals surface area contributed by atoms with Crippen molar-refractivity contribution in [2.45, 2.75) is 25.8 Å². The topological polar surface area (TPSA) is 133 Å². The average Bonchev–Trinajstić information content (AvgIpc) is 3.62. The van der Waals surface area contributed by atoms with Crippen LogP contribution in [0.2, 0.25) is 0 Å². The van der Waals surface area contributed by atoms with E-state index in [0.29, 0.717) is 34.9 Å². The number of fused-ring (bicyclic) bond motifs is 1. The van der Waals surface area contributed by atoms with Crippen LogP contribution >= 0.6 is 0 Å². The van der Waals surface area contributed by atoms with Gasteiger partial charge in [-0.25, -0.2) is 0 Å². The summed E-state index contributed by atoms with van der Waals surface area (Å²) in [5, 5.41) is 5.00. The first-order chi connectivity index (χ1) is 15.5. The molecule has 9 nitrogen and oxygen atoms in total. The SMILES string of the molecule is Nc1c(C(=O)NCC(=O)N=O)c(=O)n(CCC2CC2)c2cc(Oc3ccccc3)ccc12. The van der Waals surface area contributed by atoms with Crippen molar-refractivity contribution in [3.05, 3.63) is 69.4 Å². The van der Waals surface area contributed by atoms with E-state index in [1.165, 1.54) is 4.57 Å². The molecule has 0 bridgehead atoms. The van der Waals surface area contributed by atoms with Crippen molar-refractivity contribution in [1.82, 2.24) is 9.88 Å². The molecule has 32 heavy (non-hydrogen) atoms. The molecular formula is C23H22N4O5. The predicted molar refractivity (Wildman–Crippen MR) is 120 cm³/mol. The molecule has 3 aromatic rings. The van der Waals surface area contributed by atoms with Gasteiger partial charge in [0.1, 0.15) is 23.6 Å². The van der Waals surface area contributed by atoms with Gasteiger partial charge in [0, 0.05) is 23.2 Å². The van der Waals surface area contributed by atoms with Gasteiger partial charge in [-0.05, 0) is 36.6 Å². The molecule has 0 saturated heterocycles. The smallest absolute Gasteiger partial charge is 0.305 e. The van der Waals surface area contributed by atoms with Crippen molar-refractivity contribution in [3.8, 4) is 11.5 Å². The fraction of sp³-hybridized carbons (Fsp3) is 0.261. The third kappa shape index (κ3) is 4.51. The number of carbonyl (C=O) groups is 2. The number of para-hydroxylation sites is 1. The number of nitrogens with two attached hydrogens (primary N) is 1. The van der Waals surface area contributed by atoms with Crippen LogP contribution in [-0.4, -0.2) is 22.9 Å². The number of ether oxygens (including phenoxy) is 1. The molecule has 0 atom stereocenters. The molecule has 1 aromatic heterocycles. The summed E-state index contributed by atoms with van der Waals surface area (Å²) in [6.45, 7) is -0.185. The van der Waals surface area contributed by atoms with E-state index < -0.39 is 23.9 Å². The number of nitroso groups, excluding NO2 is 1. The number of benzene rings is 2. The van der Waals surface area contributed by atoms with Crippen LogP contribution in [0.4, 0.5) is 5.69 Å². The zero-order chi connectivity index (χ0) is 22.7. The summed E-state index contributed by atoms with van der Waals surface area (Å²) >= 11 is 0. The van der Waals surface area contributed by atoms with Gasteiger partial charge >= 0.3 is 5.91 Å². The second kappa shape index (κ2) is 9.01. The highest BCUT2D eigenvalue weighted by Crippen LogP contribution is 2.34. The van der Waals surface area contributed by atoms with Gasteiger partial charge in [-0.15, -0.1) is 4.91 Å². The number of pyridine rings is 1. The van der Waals surface area contributed by atoms with Crippen LogP contribution in [0.3, 0.4) is 0 Å². The summed E-state index contributed by atoms with van der Waals surface area (Å²) in [6.07, 6.45) is 3.05. The second-order valence-corrected chi connectivity index (χ2v) is 7.74. The minimum atomic E-state index is -1.05. The number of aryl methyl sites for hydroxylation is 1. The van der Waals surface area contributed by atoms with Crippen LogP contribution in [0.1, 0.15) is 29.6 Å². The molecule has 4 rings (SSSR count). The van der Waals surface area contributed by atoms with E-state index in [2.05, 4.69) is 10.5 Å². The zero-order valence-electron chi connectivity index (χ0n) is 17.2. The first kappa shape index (κ1) is 21.2. The Morgan fingerprint density at radius 3 is 2.56 bits per heavy atom. The molecular weight excluding hydrogens is 412 g/mol. The Balaban J connectivity index is 1.77. The largest absolute Gasteiger partial charge is 0.457 e. The summed E-state index contributed by atoms with van der Waals surface area (Å²) in [7, 11) is 0. The van der Waals surface area contributed by atoms with Crippen molar-refractivity contribution in [1.29, 1.82) is 0 Å². The molecule has 3 N–H and O–H groups in total. The van der Waals surface area contributed by atoms with Gasteiger partial charge in [0.25, 0.3) is 11.5 Å². The Morgan fingerprint density at radius 2 is 1.88 bits per heavy atom. The van der Waals surface area contributed by atoms with Gasteiger partial charge in [0.15, 0.2) is 0 Å². The van der Waals surface area contributed by atoms with Crippen molar-refractivity contribution < 1.29 is 14.3 Å². The van der Waals surface area contributed by atoms with Crippen LogP contribution in [0, 0.1) is 10.8 Å². The minimum absolute atomic E-state index is 0.00273. The Hall–Kier alpha value is -4.01. The molecule has 0 unspecified atom stereocenters. The second-order valence-electron chi connectivity index (χ2n) is 7.74. The molecule has 1 saturated carbocycles. The number of hydrogen-bond donors (Lipinski definition) is 2. The van der Waals surface area contributed by atoms with Crippen LogP contribution < -0.4 is 21.3 Å². The third-order valence-corrected chi connectivity index (χ3v) is 5.44. The van der Waals surface area contributed by atoms with Crippen LogP contribution in [0.5, 0.6) is 11.5 Å². The molecule has 1 aliphatic rings. The number of rotatable bonds is 8. The van der Waals surface area contributed by atoms with Crippen molar-refractivity contribution in [3.63, 3.8) is 0 Å². The summed E-state index contributed by atoms with van der Waals surface area (Å²) < 4.78 is 7.43. The summed E-state index contributed by atoms with van der Waals surface area (Å²) in [5.41, 5.74) is 5.96. The van der Waals surface area contributed by atoms with Gasteiger partial charge in [0.2, 0.25) is 0 Å². The average molecular weight is 434 g/mol. The standard InChI is InChI=1S/C23H22N4O5/c24-21-17-9-8-16(32-15-4-2-1-3-5-15)12-18(17)27(11-10-14-6-7-14)23(30)20(21)22(29)25-13-19(28)26-31/h1-5,8-9,12,14H,6-7,10-11,13,24H2,(H,25,29). The first-order valence-electron chi connectivity index (χ1n) is 10.3. The molecule has 0 aliphatic heterocycles. The number of nitrogens with one attached hydrogen (secondary N) is 1. The highest BCUT2D eigenvalue weighted by atomic mass is 16.5. The van der Waals surface area contributed by atoms with Gasteiger partial charge in [-0.1, -0.05) is 31.0 Å². The molecule has 9 heteroatoms. The molecule has 2 aromatic carbocycles. The predicted octanol–water partition coefficient (Wildman–Crippen LogP) is 3.20. The van der Waals surface area contributed by atoms with Gasteiger partial charge in [-0.3, -0.25) is 14.4 Å². The summed E-state index contributed by atoms with van der Waals surface area (Å²) in [5.74, 6) is -0.129. The lowest BCUT2D eigenvalue weighted by Crippen LogP contribution is -2.36. The highest BCUT2D eigenvalue weighted by Gasteiger charge is 2.25. The highest BCUT2D eigenvalue weighted by molar-refractivity contribution is 6.07. The fourth-order valence-corrected chi connectivity index (χ4v) is 3.58. The fourth-order valence-electron chi connectivity index (χ4n) is 3.58. The van der Waals surface area contributed by atoms with E-state index in [-0.39, 0.29) is 11.3 Å². The van der Waals surface area contributed by atoms with Gasteiger partial charge < -0.3 is 20.4 Å².